The Morgan fingerprint density at radius 2 is 1.78 bits per heavy atom. The molecule has 3 rings (SSSR count). The number of anilines is 1. The van der Waals surface area contributed by atoms with Crippen molar-refractivity contribution in [3.05, 3.63) is 65.2 Å². The van der Waals surface area contributed by atoms with Crippen LogP contribution in [0, 0.1) is 0 Å². The second-order valence-corrected chi connectivity index (χ2v) is 7.23. The third-order valence-electron chi connectivity index (χ3n) is 5.04. The summed E-state index contributed by atoms with van der Waals surface area (Å²) in [6, 6.07) is 13.5. The van der Waals surface area contributed by atoms with Crippen LogP contribution in [-0.2, 0) is 5.41 Å². The predicted molar refractivity (Wildman–Crippen MR) is 101 cm³/mol. The summed E-state index contributed by atoms with van der Waals surface area (Å²) in [5.41, 5.74) is 8.45. The zero-order valence-electron chi connectivity index (χ0n) is 14.9. The molecule has 1 heteroatoms. The average Bonchev–Trinajstić information content (AvgIpc) is 2.76. The lowest BCUT2D eigenvalue weighted by molar-refractivity contribution is 0.660. The smallest absolute Gasteiger partial charge is 0.0460 e. The number of hydrogen-bond acceptors (Lipinski definition) is 1. The molecule has 0 spiro atoms. The molecule has 120 valence electrons. The molecule has 0 radical (unpaired) electrons. The third-order valence-corrected chi connectivity index (χ3v) is 5.04. The Kier molecular flexibility index (Phi) is 4.06. The summed E-state index contributed by atoms with van der Waals surface area (Å²) in [5, 5.41) is 3.69. The summed E-state index contributed by atoms with van der Waals surface area (Å²) in [4.78, 5) is 0. The Morgan fingerprint density at radius 3 is 2.48 bits per heavy atom. The molecule has 0 aromatic heterocycles. The number of allylic oxidation sites excluding steroid dienone is 1. The van der Waals surface area contributed by atoms with Crippen LogP contribution in [0.4, 0.5) is 5.69 Å². The number of benzene rings is 2. The first-order chi connectivity index (χ1) is 11.0. The number of hydrogen-bond donors (Lipinski definition) is 1. The minimum Gasteiger partial charge on any atom is -0.381 e. The average molecular weight is 305 g/mol. The number of rotatable bonds is 4. The quantitative estimate of drug-likeness (QED) is 0.672. The molecule has 0 heterocycles. The first kappa shape index (κ1) is 15.9. The van der Waals surface area contributed by atoms with Gasteiger partial charge >= 0.3 is 0 Å². The van der Waals surface area contributed by atoms with Crippen LogP contribution in [0.25, 0.3) is 11.1 Å². The van der Waals surface area contributed by atoms with Crippen LogP contribution in [0.2, 0.25) is 0 Å². The maximum atomic E-state index is 3.69. The van der Waals surface area contributed by atoms with Crippen LogP contribution >= 0.6 is 0 Å². The lowest BCUT2D eigenvalue weighted by Crippen LogP contribution is -2.15. The van der Waals surface area contributed by atoms with E-state index in [1.807, 2.05) is 0 Å². The van der Waals surface area contributed by atoms with E-state index in [-0.39, 0.29) is 5.41 Å². The van der Waals surface area contributed by atoms with Gasteiger partial charge in [-0.2, -0.15) is 0 Å². The summed E-state index contributed by atoms with van der Waals surface area (Å²) < 4.78 is 0. The zero-order valence-corrected chi connectivity index (χ0v) is 14.9. The molecule has 0 bridgehead atoms. The van der Waals surface area contributed by atoms with Crippen molar-refractivity contribution < 1.29 is 0 Å². The largest absolute Gasteiger partial charge is 0.381 e. The van der Waals surface area contributed by atoms with Crippen molar-refractivity contribution in [3.8, 4) is 11.1 Å². The van der Waals surface area contributed by atoms with Crippen molar-refractivity contribution in [1.82, 2.24) is 0 Å². The van der Waals surface area contributed by atoms with E-state index < -0.39 is 0 Å². The fourth-order valence-electron chi connectivity index (χ4n) is 3.76. The summed E-state index contributed by atoms with van der Waals surface area (Å²) in [6.45, 7) is 12.2. The predicted octanol–water partition coefficient (Wildman–Crippen LogP) is 6.10. The topological polar surface area (TPSA) is 12.0 Å². The minimum absolute atomic E-state index is 0.0679. The van der Waals surface area contributed by atoms with E-state index in [0.717, 1.165) is 6.54 Å². The first-order valence-corrected chi connectivity index (χ1v) is 8.60. The molecule has 23 heavy (non-hydrogen) atoms. The van der Waals surface area contributed by atoms with Gasteiger partial charge in [-0.1, -0.05) is 76.2 Å². The van der Waals surface area contributed by atoms with E-state index in [2.05, 4.69) is 88.5 Å². The molecule has 0 aliphatic heterocycles. The van der Waals surface area contributed by atoms with Crippen LogP contribution < -0.4 is 5.32 Å². The Bertz CT molecular complexity index is 751. The monoisotopic (exact) mass is 305 g/mol. The highest BCUT2D eigenvalue weighted by atomic mass is 14.9. The molecule has 1 N–H and O–H groups in total. The lowest BCUT2D eigenvalue weighted by atomic mass is 9.81. The molecule has 1 aliphatic rings. The van der Waals surface area contributed by atoms with Crippen LogP contribution in [0.1, 0.15) is 57.2 Å². The van der Waals surface area contributed by atoms with Gasteiger partial charge in [0.2, 0.25) is 0 Å². The second-order valence-electron chi connectivity index (χ2n) is 7.23. The van der Waals surface area contributed by atoms with Crippen molar-refractivity contribution >= 4 is 5.69 Å². The maximum absolute atomic E-state index is 3.69. The molecule has 0 unspecified atom stereocenters. The summed E-state index contributed by atoms with van der Waals surface area (Å²) in [7, 11) is 0. The van der Waals surface area contributed by atoms with E-state index in [0.29, 0.717) is 5.92 Å². The molecule has 0 fully saturated rings. The molecule has 0 atom stereocenters. The molecule has 2 aromatic carbocycles. The molecular formula is C22H27N. The highest BCUT2D eigenvalue weighted by Crippen LogP contribution is 2.52. The van der Waals surface area contributed by atoms with Gasteiger partial charge in [0.1, 0.15) is 0 Å². The highest BCUT2D eigenvalue weighted by molar-refractivity contribution is 5.91. The summed E-state index contributed by atoms with van der Waals surface area (Å²) in [6.07, 6.45) is 4.28. The van der Waals surface area contributed by atoms with Crippen molar-refractivity contribution in [3.63, 3.8) is 0 Å². The Labute approximate surface area is 140 Å². The fraction of sp³-hybridized carbons (Fsp3) is 0.364. The summed E-state index contributed by atoms with van der Waals surface area (Å²) >= 11 is 0. The molecule has 0 amide bonds. The van der Waals surface area contributed by atoms with Gasteiger partial charge in [0.15, 0.2) is 0 Å². The van der Waals surface area contributed by atoms with Gasteiger partial charge < -0.3 is 5.32 Å². The minimum atomic E-state index is 0.0679. The van der Waals surface area contributed by atoms with E-state index in [4.69, 9.17) is 0 Å². The normalized spacial score (nSPS) is 15.0. The van der Waals surface area contributed by atoms with Crippen LogP contribution in [0.5, 0.6) is 0 Å². The molecule has 1 aliphatic carbocycles. The van der Waals surface area contributed by atoms with E-state index in [1.165, 1.54) is 33.5 Å². The second kappa shape index (κ2) is 5.88. The molecule has 0 saturated heterocycles. The van der Waals surface area contributed by atoms with Gasteiger partial charge in [-0.05, 0) is 35.1 Å². The van der Waals surface area contributed by atoms with Gasteiger partial charge in [-0.15, -0.1) is 0 Å². The Balaban J connectivity index is 2.26. The van der Waals surface area contributed by atoms with Crippen molar-refractivity contribution in [2.75, 3.05) is 11.9 Å². The van der Waals surface area contributed by atoms with E-state index >= 15 is 0 Å². The van der Waals surface area contributed by atoms with Gasteiger partial charge in [0.25, 0.3) is 0 Å². The Morgan fingerprint density at radius 1 is 1.04 bits per heavy atom. The molecular weight excluding hydrogens is 278 g/mol. The van der Waals surface area contributed by atoms with E-state index in [9.17, 15) is 0 Å². The van der Waals surface area contributed by atoms with Crippen molar-refractivity contribution in [2.45, 2.75) is 46.0 Å². The molecule has 1 nitrogen and oxygen atoms in total. The van der Waals surface area contributed by atoms with Crippen molar-refractivity contribution in [1.29, 1.82) is 0 Å². The van der Waals surface area contributed by atoms with Gasteiger partial charge in [0.05, 0.1) is 0 Å². The molecule has 2 aromatic rings. The van der Waals surface area contributed by atoms with Crippen LogP contribution in [0.3, 0.4) is 0 Å². The zero-order chi connectivity index (χ0) is 16.6. The SMILES string of the molecule is C/C=C\CNc1c(C(C)C)ccc2c1-c1ccccc1C2(C)C. The van der Waals surface area contributed by atoms with Crippen molar-refractivity contribution in [2.24, 2.45) is 0 Å². The Hall–Kier alpha value is -2.02. The highest BCUT2D eigenvalue weighted by Gasteiger charge is 2.37. The summed E-state index contributed by atoms with van der Waals surface area (Å²) in [5.74, 6) is 0.504. The number of nitrogens with one attached hydrogen (secondary N) is 1. The maximum Gasteiger partial charge on any atom is 0.0460 e. The third kappa shape index (κ3) is 2.49. The van der Waals surface area contributed by atoms with Gasteiger partial charge in [-0.25, -0.2) is 0 Å². The fourth-order valence-corrected chi connectivity index (χ4v) is 3.76. The number of fused-ring (bicyclic) bond motifs is 3. The lowest BCUT2D eigenvalue weighted by Gasteiger charge is -2.23. The first-order valence-electron chi connectivity index (χ1n) is 8.60. The molecule has 0 saturated carbocycles. The van der Waals surface area contributed by atoms with Crippen LogP contribution in [-0.4, -0.2) is 6.54 Å². The standard InChI is InChI=1S/C22H27N/c1-6-7-14-23-21-16(15(2)3)12-13-19-20(21)17-10-8-9-11-18(17)22(19,4)5/h6-13,15,23H,14H2,1-5H3/b7-6-. The van der Waals surface area contributed by atoms with Crippen LogP contribution in [0.15, 0.2) is 48.6 Å². The van der Waals surface area contributed by atoms with Gasteiger partial charge in [-0.3, -0.25) is 0 Å². The van der Waals surface area contributed by atoms with Gasteiger partial charge in [0, 0.05) is 23.2 Å². The van der Waals surface area contributed by atoms with E-state index in [1.54, 1.807) is 0 Å².